The van der Waals surface area contributed by atoms with Gasteiger partial charge < -0.3 is 42.6 Å². The van der Waals surface area contributed by atoms with Crippen LogP contribution in [-0.4, -0.2) is 112 Å². The second-order valence-electron chi connectivity index (χ2n) is 25.7. The van der Waals surface area contributed by atoms with Gasteiger partial charge in [-0.15, -0.1) is 0 Å². The van der Waals surface area contributed by atoms with Gasteiger partial charge in [0.1, 0.15) is 39.6 Å². The maximum atomic E-state index is 13.1. The van der Waals surface area contributed by atoms with E-state index < -0.39 is 111 Å². The molecule has 0 aromatic carbocycles. The predicted molar refractivity (Wildman–Crippen MR) is 364 cm³/mol. The van der Waals surface area contributed by atoms with Crippen LogP contribution in [0.15, 0.2) is 0 Å². The summed E-state index contributed by atoms with van der Waals surface area (Å²) in [6.07, 6.45) is 45.5. The lowest BCUT2D eigenvalue weighted by atomic mass is 10.1. The Labute approximate surface area is 563 Å². The summed E-state index contributed by atoms with van der Waals surface area (Å²) in [5.41, 5.74) is 0. The molecular weight excluding hydrogens is 1190 g/mol. The summed E-state index contributed by atoms with van der Waals surface area (Å²) in [4.78, 5) is 115. The fourth-order valence-electron chi connectivity index (χ4n) is 10.8. The lowest BCUT2D eigenvalue weighted by molar-refractivity contribution is -0.169. The molecule has 0 rings (SSSR count). The minimum absolute atomic E-state index is 0.200. The second kappa shape index (κ2) is 67.2. The number of rotatable bonds is 69. The minimum Gasteiger partial charge on any atom is -0.462 e. The number of hydrogen-bond donors (Lipinski definition) is 0. The first kappa shape index (κ1) is 88.2. The van der Waals surface area contributed by atoms with Crippen LogP contribution in [0, 0.1) is 0 Å². The van der Waals surface area contributed by atoms with Crippen LogP contribution in [-0.2, 0) is 85.8 Å². The van der Waals surface area contributed by atoms with Gasteiger partial charge in [0.2, 0.25) is 0 Å². The molecule has 0 saturated heterocycles. The molecule has 18 nitrogen and oxygen atoms in total. The molecule has 0 spiro atoms. The number of unbranched alkanes of at least 4 members (excludes halogenated alkanes) is 40. The molecular formula is C75H134O18. The van der Waals surface area contributed by atoms with Crippen LogP contribution in [0.3, 0.4) is 0 Å². The van der Waals surface area contributed by atoms with Crippen LogP contribution in [0.5, 0.6) is 0 Å². The molecule has 0 aromatic rings. The van der Waals surface area contributed by atoms with Crippen molar-refractivity contribution in [2.45, 2.75) is 387 Å². The first-order valence-corrected chi connectivity index (χ1v) is 37.7. The van der Waals surface area contributed by atoms with Gasteiger partial charge in [-0.1, -0.05) is 285 Å². The summed E-state index contributed by atoms with van der Waals surface area (Å²) < 4.78 is 48.7. The third kappa shape index (κ3) is 64.4. The second-order valence-corrected chi connectivity index (χ2v) is 25.7. The third-order valence-electron chi connectivity index (χ3n) is 16.5. The van der Waals surface area contributed by atoms with Crippen molar-refractivity contribution in [2.75, 3.05) is 39.6 Å². The summed E-state index contributed by atoms with van der Waals surface area (Å²) in [6.45, 7) is 7.56. The Hall–Kier alpha value is -4.77. The van der Waals surface area contributed by atoms with Crippen molar-refractivity contribution < 1.29 is 85.8 Å². The molecule has 18 heteroatoms. The number of hydrogen-bond acceptors (Lipinski definition) is 18. The maximum absolute atomic E-state index is 13.1. The van der Waals surface area contributed by atoms with Crippen molar-refractivity contribution in [3.05, 3.63) is 0 Å². The Kier molecular flexibility index (Phi) is 63.8. The smallest absolute Gasteiger partial charge is 0.306 e. The summed E-state index contributed by atoms with van der Waals surface area (Å²) in [6, 6.07) is 0. The molecule has 93 heavy (non-hydrogen) atoms. The Morgan fingerprint density at radius 3 is 0.527 bits per heavy atom. The summed E-state index contributed by atoms with van der Waals surface area (Å²) in [7, 11) is 0. The lowest BCUT2D eigenvalue weighted by Crippen LogP contribution is -2.32. The molecule has 0 fully saturated rings. The summed E-state index contributed by atoms with van der Waals surface area (Å²) in [5, 5.41) is 0. The van der Waals surface area contributed by atoms with Crippen molar-refractivity contribution in [3.63, 3.8) is 0 Å². The van der Waals surface area contributed by atoms with Crippen molar-refractivity contribution >= 4 is 53.7 Å². The van der Waals surface area contributed by atoms with E-state index in [-0.39, 0.29) is 52.1 Å². The highest BCUT2D eigenvalue weighted by molar-refractivity contribution is 5.79. The molecule has 0 aliphatic carbocycles. The third-order valence-corrected chi connectivity index (χ3v) is 16.5. The van der Waals surface area contributed by atoms with Gasteiger partial charge in [0.15, 0.2) is 18.3 Å². The van der Waals surface area contributed by atoms with E-state index in [9.17, 15) is 43.2 Å². The first-order valence-electron chi connectivity index (χ1n) is 37.7. The highest BCUT2D eigenvalue weighted by atomic mass is 16.6. The van der Waals surface area contributed by atoms with Crippen molar-refractivity contribution in [1.82, 2.24) is 0 Å². The van der Waals surface area contributed by atoms with E-state index >= 15 is 0 Å². The van der Waals surface area contributed by atoms with E-state index in [1.165, 1.54) is 180 Å². The maximum Gasteiger partial charge on any atom is 0.306 e. The SMILES string of the molecule is CCCCCCCCCCCCCC(=O)OCC(COC(=O)CCCCCCCCCCCCC)OC(=O)CCC(=O)OCC(COC(=O)CCC(=O)OC(COC(=O)CCCCCCCCCCCCC)COC(=O)CCCCCCCCCCCCC)OC(C)=O. The molecule has 0 radical (unpaired) electrons. The Balaban J connectivity index is 5.25. The van der Waals surface area contributed by atoms with Gasteiger partial charge in [-0.05, 0) is 25.7 Å². The number of ether oxygens (including phenoxy) is 9. The van der Waals surface area contributed by atoms with Gasteiger partial charge in [0.25, 0.3) is 0 Å². The van der Waals surface area contributed by atoms with Crippen LogP contribution >= 0.6 is 0 Å². The van der Waals surface area contributed by atoms with E-state index in [0.29, 0.717) is 25.7 Å². The van der Waals surface area contributed by atoms with Gasteiger partial charge >= 0.3 is 53.7 Å². The average molecular weight is 1320 g/mol. The standard InChI is InChI=1S/C75H134O18/c1-6-10-14-18-22-26-30-34-38-42-46-50-68(77)85-60-66(61-86-69(78)51-47-43-39-35-31-27-23-19-15-11-7-2)92-74(83)56-54-72(81)89-58-65(91-64(5)76)59-90-73(82)55-57-75(84)93-67(62-87-70(79)52-48-44-40-36-32-28-24-20-16-12-8-3)63-88-71(80)53-49-45-41-37-33-29-25-21-17-13-9-4/h65-67H,6-63H2,1-5H3. The van der Waals surface area contributed by atoms with Gasteiger partial charge in [-0.3, -0.25) is 43.2 Å². The van der Waals surface area contributed by atoms with Crippen LogP contribution in [0.25, 0.3) is 0 Å². The monoisotopic (exact) mass is 1320 g/mol. The highest BCUT2D eigenvalue weighted by Gasteiger charge is 2.24. The molecule has 0 aromatic heterocycles. The Morgan fingerprint density at radius 1 is 0.194 bits per heavy atom. The van der Waals surface area contributed by atoms with Gasteiger partial charge in [0, 0.05) is 32.6 Å². The van der Waals surface area contributed by atoms with E-state index in [0.717, 1.165) is 84.0 Å². The normalized spacial score (nSPS) is 11.2. The molecule has 0 N–H and O–H groups in total. The number of esters is 9. The first-order chi connectivity index (χ1) is 45.2. The molecule has 0 atom stereocenters. The number of carbonyl (C=O) groups excluding carboxylic acids is 9. The van der Waals surface area contributed by atoms with Gasteiger partial charge in [-0.25, -0.2) is 0 Å². The molecule has 0 aliphatic rings. The zero-order valence-corrected chi connectivity index (χ0v) is 59.6. The van der Waals surface area contributed by atoms with Crippen molar-refractivity contribution in [1.29, 1.82) is 0 Å². The molecule has 0 amide bonds. The van der Waals surface area contributed by atoms with E-state index in [2.05, 4.69) is 27.7 Å². The van der Waals surface area contributed by atoms with Crippen LogP contribution in [0.4, 0.5) is 0 Å². The zero-order valence-electron chi connectivity index (χ0n) is 59.6. The fourth-order valence-corrected chi connectivity index (χ4v) is 10.8. The van der Waals surface area contributed by atoms with Crippen LogP contribution in [0.1, 0.15) is 369 Å². The Morgan fingerprint density at radius 2 is 0.344 bits per heavy atom. The van der Waals surface area contributed by atoms with Gasteiger partial charge in [0.05, 0.1) is 25.7 Å². The minimum atomic E-state index is -1.23. The lowest BCUT2D eigenvalue weighted by Gasteiger charge is -2.19. The molecule has 0 unspecified atom stereocenters. The zero-order chi connectivity index (χ0) is 68.3. The molecule has 542 valence electrons. The van der Waals surface area contributed by atoms with Gasteiger partial charge in [-0.2, -0.15) is 0 Å². The largest absolute Gasteiger partial charge is 0.462 e. The Bertz CT molecular complexity index is 1650. The fraction of sp³-hybridized carbons (Fsp3) is 0.880. The molecule has 0 heterocycles. The van der Waals surface area contributed by atoms with Crippen LogP contribution < -0.4 is 0 Å². The molecule has 0 bridgehead atoms. The van der Waals surface area contributed by atoms with Crippen LogP contribution in [0.2, 0.25) is 0 Å². The van der Waals surface area contributed by atoms with E-state index in [1.807, 2.05) is 0 Å². The van der Waals surface area contributed by atoms with Crippen molar-refractivity contribution in [2.24, 2.45) is 0 Å². The average Bonchev–Trinajstić information content (AvgIpc) is 3.73. The topological polar surface area (TPSA) is 237 Å². The van der Waals surface area contributed by atoms with Crippen molar-refractivity contribution in [3.8, 4) is 0 Å². The summed E-state index contributed by atoms with van der Waals surface area (Å²) >= 11 is 0. The number of carbonyl (C=O) groups is 9. The highest BCUT2D eigenvalue weighted by Crippen LogP contribution is 2.18. The van der Waals surface area contributed by atoms with E-state index in [4.69, 9.17) is 42.6 Å². The predicted octanol–water partition coefficient (Wildman–Crippen LogP) is 18.4. The molecule has 0 aliphatic heterocycles. The quantitative estimate of drug-likeness (QED) is 0.0312. The summed E-state index contributed by atoms with van der Waals surface area (Å²) in [5.74, 6) is -5.96. The van der Waals surface area contributed by atoms with E-state index in [1.54, 1.807) is 0 Å². The molecule has 0 saturated carbocycles.